The third-order valence-electron chi connectivity index (χ3n) is 5.81. The van der Waals surface area contributed by atoms with Crippen molar-refractivity contribution in [3.05, 3.63) is 78.4 Å². The van der Waals surface area contributed by atoms with Crippen LogP contribution in [0.1, 0.15) is 37.6 Å². The van der Waals surface area contributed by atoms with Gasteiger partial charge in [0.1, 0.15) is 12.3 Å². The largest absolute Gasteiger partial charge is 0.494 e. The van der Waals surface area contributed by atoms with Crippen LogP contribution in [0.5, 0.6) is 5.75 Å². The molecule has 3 rings (SSSR count). The third kappa shape index (κ3) is 7.29. The van der Waals surface area contributed by atoms with Crippen molar-refractivity contribution >= 4 is 45.0 Å². The molecule has 0 heterocycles. The van der Waals surface area contributed by atoms with E-state index < -0.39 is 22.5 Å². The summed E-state index contributed by atoms with van der Waals surface area (Å²) in [5, 5.41) is 5.61. The number of thioether (sulfide) groups is 1. The van der Waals surface area contributed by atoms with Gasteiger partial charge >= 0.3 is 0 Å². The molecule has 2 amide bonds. The van der Waals surface area contributed by atoms with Crippen LogP contribution in [0.4, 0.5) is 11.4 Å². The molecule has 10 heteroatoms. The van der Waals surface area contributed by atoms with Crippen molar-refractivity contribution in [2.24, 2.45) is 0 Å². The molecule has 38 heavy (non-hydrogen) atoms. The maximum atomic E-state index is 13.7. The van der Waals surface area contributed by atoms with E-state index in [1.165, 1.54) is 23.9 Å². The Labute approximate surface area is 228 Å². The number of hydrogen-bond donors (Lipinski definition) is 2. The predicted molar refractivity (Wildman–Crippen MR) is 153 cm³/mol. The van der Waals surface area contributed by atoms with Crippen molar-refractivity contribution in [3.63, 3.8) is 0 Å². The highest BCUT2D eigenvalue weighted by atomic mass is 32.2. The van der Waals surface area contributed by atoms with Crippen molar-refractivity contribution in [1.29, 1.82) is 0 Å². The minimum Gasteiger partial charge on any atom is -0.494 e. The molecule has 0 radical (unpaired) electrons. The number of hydrogen-bond acceptors (Lipinski definition) is 6. The summed E-state index contributed by atoms with van der Waals surface area (Å²) in [5.41, 5.74) is 0.899. The minimum absolute atomic E-state index is 0.0379. The van der Waals surface area contributed by atoms with Gasteiger partial charge in [0, 0.05) is 10.9 Å². The predicted octanol–water partition coefficient (Wildman–Crippen LogP) is 5.17. The van der Waals surface area contributed by atoms with Gasteiger partial charge in [-0.1, -0.05) is 19.1 Å². The number of amides is 2. The fourth-order valence-electron chi connectivity index (χ4n) is 3.58. The van der Waals surface area contributed by atoms with Crippen LogP contribution in [0.25, 0.3) is 0 Å². The maximum Gasteiger partial charge on any atom is 0.264 e. The van der Waals surface area contributed by atoms with Crippen molar-refractivity contribution in [1.82, 2.24) is 5.32 Å². The molecule has 202 valence electrons. The lowest BCUT2D eigenvalue weighted by molar-refractivity contribution is -0.114. The SMILES string of the molecule is CCOc1ccc(N(CC(=O)Nc2ccccc2C(=O)N[C@H](C)CC)S(=O)(=O)c2ccc(SC)cc2)cc1. The van der Waals surface area contributed by atoms with Crippen LogP contribution in [0.3, 0.4) is 0 Å². The standard InChI is InChI=1S/C28H33N3O5S2/c1-5-20(3)29-28(33)25-9-7-8-10-26(25)30-27(32)19-31(21-11-13-22(14-12-21)36-6-2)38(34,35)24-17-15-23(37-4)16-18-24/h7-18,20H,5-6,19H2,1-4H3,(H,29,33)(H,30,32)/t20-/m1/s1. The molecular weight excluding hydrogens is 522 g/mol. The Morgan fingerprint density at radius 3 is 2.24 bits per heavy atom. The summed E-state index contributed by atoms with van der Waals surface area (Å²) in [4.78, 5) is 27.0. The summed E-state index contributed by atoms with van der Waals surface area (Å²) in [7, 11) is -4.09. The first-order valence-electron chi connectivity index (χ1n) is 12.3. The summed E-state index contributed by atoms with van der Waals surface area (Å²) in [5.74, 6) is -0.323. The number of sulfonamides is 1. The molecule has 1 atom stereocenters. The second-order valence-electron chi connectivity index (χ2n) is 8.49. The number of benzene rings is 3. The molecule has 0 aliphatic carbocycles. The number of carbonyl (C=O) groups excluding carboxylic acids is 2. The molecule has 0 aliphatic heterocycles. The smallest absolute Gasteiger partial charge is 0.264 e. The van der Waals surface area contributed by atoms with Crippen molar-refractivity contribution in [2.75, 3.05) is 29.0 Å². The lowest BCUT2D eigenvalue weighted by atomic mass is 10.1. The number of ether oxygens (including phenoxy) is 1. The van der Waals surface area contributed by atoms with Gasteiger partial charge in [0.25, 0.3) is 15.9 Å². The highest BCUT2D eigenvalue weighted by Gasteiger charge is 2.28. The lowest BCUT2D eigenvalue weighted by Crippen LogP contribution is -2.38. The van der Waals surface area contributed by atoms with E-state index in [0.717, 1.165) is 15.6 Å². The number of rotatable bonds is 12. The normalized spacial score (nSPS) is 11.9. The highest BCUT2D eigenvalue weighted by Crippen LogP contribution is 2.27. The Bertz CT molecular complexity index is 1340. The lowest BCUT2D eigenvalue weighted by Gasteiger charge is -2.24. The molecule has 0 spiro atoms. The zero-order valence-corrected chi connectivity index (χ0v) is 23.6. The molecule has 0 unspecified atom stereocenters. The molecule has 0 saturated carbocycles. The average molecular weight is 556 g/mol. The van der Waals surface area contributed by atoms with Crippen LogP contribution in [0, 0.1) is 0 Å². The van der Waals surface area contributed by atoms with Crippen molar-refractivity contribution < 1.29 is 22.7 Å². The van der Waals surface area contributed by atoms with E-state index in [1.807, 2.05) is 27.0 Å². The van der Waals surface area contributed by atoms with Gasteiger partial charge in [-0.2, -0.15) is 0 Å². The summed E-state index contributed by atoms with van der Waals surface area (Å²) < 4.78 is 33.9. The van der Waals surface area contributed by atoms with E-state index in [9.17, 15) is 18.0 Å². The number of nitrogens with one attached hydrogen (secondary N) is 2. The molecule has 0 saturated heterocycles. The van der Waals surface area contributed by atoms with Gasteiger partial charge in [0.2, 0.25) is 5.91 Å². The van der Waals surface area contributed by atoms with Crippen LogP contribution in [0.2, 0.25) is 0 Å². The molecular formula is C28H33N3O5S2. The van der Waals surface area contributed by atoms with Crippen LogP contribution in [-0.4, -0.2) is 45.7 Å². The third-order valence-corrected chi connectivity index (χ3v) is 8.34. The summed E-state index contributed by atoms with van der Waals surface area (Å²) in [6.45, 7) is 5.68. The minimum atomic E-state index is -4.09. The Morgan fingerprint density at radius 2 is 1.63 bits per heavy atom. The van der Waals surface area contributed by atoms with E-state index in [-0.39, 0.29) is 16.8 Å². The molecule has 0 aliphatic rings. The first-order valence-corrected chi connectivity index (χ1v) is 15.0. The van der Waals surface area contributed by atoms with Gasteiger partial charge < -0.3 is 15.4 Å². The zero-order chi connectivity index (χ0) is 27.7. The van der Waals surface area contributed by atoms with Crippen LogP contribution in [-0.2, 0) is 14.8 Å². The second kappa shape index (κ2) is 13.3. The Hall–Kier alpha value is -3.50. The fourth-order valence-corrected chi connectivity index (χ4v) is 5.41. The summed E-state index contributed by atoms with van der Waals surface area (Å²) in [6.07, 6.45) is 2.66. The van der Waals surface area contributed by atoms with Gasteiger partial charge in [-0.05, 0) is 87.2 Å². The fraction of sp³-hybridized carbons (Fsp3) is 0.286. The van der Waals surface area contributed by atoms with E-state index >= 15 is 0 Å². The highest BCUT2D eigenvalue weighted by molar-refractivity contribution is 7.98. The van der Waals surface area contributed by atoms with E-state index in [0.29, 0.717) is 29.3 Å². The Balaban J connectivity index is 1.92. The number of anilines is 2. The van der Waals surface area contributed by atoms with Gasteiger partial charge in [-0.3, -0.25) is 13.9 Å². The first-order chi connectivity index (χ1) is 18.2. The van der Waals surface area contributed by atoms with Crippen molar-refractivity contribution in [3.8, 4) is 5.75 Å². The molecule has 2 N–H and O–H groups in total. The van der Waals surface area contributed by atoms with Crippen LogP contribution in [0.15, 0.2) is 82.6 Å². The van der Waals surface area contributed by atoms with E-state index in [1.54, 1.807) is 60.7 Å². The van der Waals surface area contributed by atoms with E-state index in [2.05, 4.69) is 10.6 Å². The van der Waals surface area contributed by atoms with Gasteiger partial charge in [-0.15, -0.1) is 11.8 Å². The topological polar surface area (TPSA) is 105 Å². The first kappa shape index (κ1) is 29.1. The van der Waals surface area contributed by atoms with E-state index in [4.69, 9.17) is 4.74 Å². The molecule has 3 aromatic carbocycles. The van der Waals surface area contributed by atoms with Gasteiger partial charge in [-0.25, -0.2) is 8.42 Å². The molecule has 0 fully saturated rings. The van der Waals surface area contributed by atoms with Crippen LogP contribution >= 0.6 is 11.8 Å². The molecule has 3 aromatic rings. The Morgan fingerprint density at radius 1 is 0.974 bits per heavy atom. The zero-order valence-electron chi connectivity index (χ0n) is 21.9. The maximum absolute atomic E-state index is 13.7. The number of para-hydroxylation sites is 1. The summed E-state index contributed by atoms with van der Waals surface area (Å²) in [6, 6.07) is 19.6. The monoisotopic (exact) mass is 555 g/mol. The number of carbonyl (C=O) groups is 2. The quantitative estimate of drug-likeness (QED) is 0.299. The Kier molecular flexibility index (Phi) is 10.2. The van der Waals surface area contributed by atoms with Crippen LogP contribution < -0.4 is 19.7 Å². The van der Waals surface area contributed by atoms with Gasteiger partial charge in [0.15, 0.2) is 0 Å². The molecule has 0 aromatic heterocycles. The average Bonchev–Trinajstić information content (AvgIpc) is 2.92. The molecule has 8 nitrogen and oxygen atoms in total. The van der Waals surface area contributed by atoms with Crippen molar-refractivity contribution in [2.45, 2.75) is 43.0 Å². The molecule has 0 bridgehead atoms. The van der Waals surface area contributed by atoms with Gasteiger partial charge in [0.05, 0.1) is 28.4 Å². The summed E-state index contributed by atoms with van der Waals surface area (Å²) >= 11 is 1.50. The number of nitrogens with zero attached hydrogens (tertiary/aromatic N) is 1. The second-order valence-corrected chi connectivity index (χ2v) is 11.2.